The van der Waals surface area contributed by atoms with Gasteiger partial charge < -0.3 is 0 Å². The Bertz CT molecular complexity index is 159. The monoisotopic (exact) mass is 304 g/mol. The van der Waals surface area contributed by atoms with Crippen molar-refractivity contribution >= 4 is 26.1 Å². The molecule has 42 valence electrons. The molecule has 0 unspecified atom stereocenters. The summed E-state index contributed by atoms with van der Waals surface area (Å²) in [6.07, 6.45) is 3.84. The van der Waals surface area contributed by atoms with Crippen LogP contribution in [0.1, 0.15) is 0 Å². The summed E-state index contributed by atoms with van der Waals surface area (Å²) in [4.78, 5) is 0. The van der Waals surface area contributed by atoms with Crippen LogP contribution in [-0.4, -0.2) is 26.1 Å². The number of hydrogen-bond acceptors (Lipinski definition) is 2. The van der Waals surface area contributed by atoms with Gasteiger partial charge >= 0.3 is 59.2 Å². The normalized spacial score (nSPS) is 17.6. The molecular weight excluding hydrogens is 297 g/mol. The van der Waals surface area contributed by atoms with E-state index in [2.05, 4.69) is 3.78 Å². The van der Waals surface area contributed by atoms with E-state index < -0.39 is 22.8 Å². The topological polar surface area (TPSA) is 52.0 Å². The van der Waals surface area contributed by atoms with Crippen molar-refractivity contribution in [3.8, 4) is 0 Å². The second kappa shape index (κ2) is 2.52. The first-order valence-electron chi connectivity index (χ1n) is 2.26. The zero-order valence-corrected chi connectivity index (χ0v) is 7.81. The summed E-state index contributed by atoms with van der Waals surface area (Å²) in [5.74, 6) is 0. The van der Waals surface area contributed by atoms with Gasteiger partial charge in [0.15, 0.2) is 0 Å². The molecule has 0 saturated heterocycles. The van der Waals surface area contributed by atoms with E-state index in [0.29, 0.717) is 0 Å². The molecule has 0 aromatic heterocycles. The fourth-order valence-electron chi connectivity index (χ4n) is 0.430. The molecular formula is C5H7BiN2. The average Bonchev–Trinajstić information content (AvgIpc) is 1.77. The van der Waals surface area contributed by atoms with Gasteiger partial charge in [0, 0.05) is 0 Å². The Labute approximate surface area is 59.3 Å². The molecule has 0 bridgehead atoms. The summed E-state index contributed by atoms with van der Waals surface area (Å²) in [6.45, 7) is 0. The van der Waals surface area contributed by atoms with Crippen molar-refractivity contribution in [2.45, 2.75) is 0 Å². The number of nitrogens with two attached hydrogens (primary N) is 2. The fraction of sp³-hybridized carbons (Fsp3) is 0. The molecule has 3 heteroatoms. The molecule has 0 aromatic rings. The Morgan fingerprint density at radius 2 is 2.12 bits per heavy atom. The quantitative estimate of drug-likeness (QED) is 0.573. The van der Waals surface area contributed by atoms with Gasteiger partial charge in [-0.2, -0.15) is 0 Å². The van der Waals surface area contributed by atoms with Crippen molar-refractivity contribution in [2.24, 2.45) is 11.5 Å². The fourth-order valence-corrected chi connectivity index (χ4v) is 2.59. The van der Waals surface area contributed by atoms with E-state index in [1.165, 1.54) is 0 Å². The first kappa shape index (κ1) is 6.12. The molecule has 1 rings (SSSR count). The Morgan fingerprint density at radius 1 is 1.38 bits per heavy atom. The first-order chi connectivity index (χ1) is 3.80. The van der Waals surface area contributed by atoms with Gasteiger partial charge in [0.25, 0.3) is 0 Å². The van der Waals surface area contributed by atoms with Crippen LogP contribution in [0.3, 0.4) is 0 Å². The first-order valence-corrected chi connectivity index (χ1v) is 6.01. The average molecular weight is 304 g/mol. The van der Waals surface area contributed by atoms with Gasteiger partial charge in [-0.25, -0.2) is 0 Å². The van der Waals surface area contributed by atoms with E-state index in [0.717, 1.165) is 9.03 Å². The Hall–Kier alpha value is -0.00688. The third kappa shape index (κ3) is 1.24. The van der Waals surface area contributed by atoms with Gasteiger partial charge in [-0.05, 0) is 0 Å². The second-order valence-electron chi connectivity index (χ2n) is 1.48. The Morgan fingerprint density at radius 3 is 2.50 bits per heavy atom. The van der Waals surface area contributed by atoms with Gasteiger partial charge in [-0.3, -0.25) is 0 Å². The Kier molecular flexibility index (Phi) is 1.92. The van der Waals surface area contributed by atoms with Crippen molar-refractivity contribution in [1.82, 2.24) is 0 Å². The van der Waals surface area contributed by atoms with Gasteiger partial charge in [-0.1, -0.05) is 0 Å². The Balaban J connectivity index is 2.93. The van der Waals surface area contributed by atoms with Gasteiger partial charge in [-0.15, -0.1) is 0 Å². The predicted octanol–water partition coefficient (Wildman–Crippen LogP) is -0.851. The van der Waals surface area contributed by atoms with Crippen LogP contribution >= 0.6 is 0 Å². The zero-order chi connectivity index (χ0) is 5.98. The second-order valence-corrected chi connectivity index (χ2v) is 5.51. The van der Waals surface area contributed by atoms with Gasteiger partial charge in [0.1, 0.15) is 0 Å². The molecule has 1 heterocycles. The molecule has 1 aliphatic rings. The minimum absolute atomic E-state index is 0.620. The van der Waals surface area contributed by atoms with E-state index >= 15 is 0 Å². The third-order valence-electron chi connectivity index (χ3n) is 0.871. The van der Waals surface area contributed by atoms with Crippen LogP contribution in [0.2, 0.25) is 0 Å². The van der Waals surface area contributed by atoms with Crippen LogP contribution in [0.15, 0.2) is 21.6 Å². The van der Waals surface area contributed by atoms with Crippen molar-refractivity contribution in [3.05, 3.63) is 21.6 Å². The van der Waals surface area contributed by atoms with Crippen molar-refractivity contribution in [1.29, 1.82) is 0 Å². The summed E-state index contributed by atoms with van der Waals surface area (Å²) >= 11 is -0.620. The SMILES string of the molecule is NC1=CC=[CH][Bi]=[C]1N. The minimum atomic E-state index is -0.620. The number of allylic oxidation sites excluding steroid dienone is 2. The number of rotatable bonds is 0. The summed E-state index contributed by atoms with van der Waals surface area (Å²) in [5, 5.41) is 0. The number of hydrogen-bond donors (Lipinski definition) is 2. The van der Waals surface area contributed by atoms with E-state index in [1.807, 2.05) is 12.2 Å². The molecule has 2 nitrogen and oxygen atoms in total. The van der Waals surface area contributed by atoms with E-state index in [9.17, 15) is 0 Å². The van der Waals surface area contributed by atoms with Crippen LogP contribution in [0.25, 0.3) is 0 Å². The molecule has 0 saturated carbocycles. The van der Waals surface area contributed by atoms with Crippen molar-refractivity contribution in [2.75, 3.05) is 0 Å². The molecule has 0 aliphatic carbocycles. The summed E-state index contributed by atoms with van der Waals surface area (Å²) in [5.41, 5.74) is 11.8. The van der Waals surface area contributed by atoms with Crippen molar-refractivity contribution < 1.29 is 0 Å². The summed E-state index contributed by atoms with van der Waals surface area (Å²) in [7, 11) is 0. The maximum atomic E-state index is 5.53. The molecule has 4 N–H and O–H groups in total. The predicted molar refractivity (Wildman–Crippen MR) is 36.4 cm³/mol. The molecule has 1 aliphatic heterocycles. The molecule has 0 aromatic carbocycles. The van der Waals surface area contributed by atoms with Gasteiger partial charge in [0.05, 0.1) is 0 Å². The molecule has 0 fully saturated rings. The van der Waals surface area contributed by atoms with Crippen LogP contribution in [0.4, 0.5) is 0 Å². The molecule has 0 atom stereocenters. The van der Waals surface area contributed by atoms with Crippen LogP contribution in [-0.2, 0) is 0 Å². The van der Waals surface area contributed by atoms with Crippen LogP contribution in [0.5, 0.6) is 0 Å². The zero-order valence-electron chi connectivity index (χ0n) is 4.33. The summed E-state index contributed by atoms with van der Waals surface area (Å²) in [6, 6.07) is 0. The van der Waals surface area contributed by atoms with Crippen LogP contribution in [0, 0.1) is 0 Å². The molecule has 0 amide bonds. The van der Waals surface area contributed by atoms with E-state index in [4.69, 9.17) is 11.5 Å². The molecule has 8 heavy (non-hydrogen) atoms. The van der Waals surface area contributed by atoms with E-state index in [-0.39, 0.29) is 0 Å². The maximum absolute atomic E-state index is 5.53. The third-order valence-corrected chi connectivity index (χ3v) is 4.21. The van der Waals surface area contributed by atoms with Crippen molar-refractivity contribution in [3.63, 3.8) is 0 Å². The standard InChI is InChI=1S/C5H7N2.Bi/c1-2-3-5(7)4-6;/h1-3H,6-7H2;. The van der Waals surface area contributed by atoms with Crippen LogP contribution < -0.4 is 11.5 Å². The molecule has 0 spiro atoms. The van der Waals surface area contributed by atoms with Gasteiger partial charge in [0.2, 0.25) is 0 Å². The van der Waals surface area contributed by atoms with E-state index in [1.54, 1.807) is 0 Å². The summed E-state index contributed by atoms with van der Waals surface area (Å²) < 4.78 is 3.11. The molecule has 0 radical (unpaired) electrons.